The van der Waals surface area contributed by atoms with Gasteiger partial charge in [0, 0.05) is 24.2 Å². The highest BCUT2D eigenvalue weighted by molar-refractivity contribution is 9.10. The van der Waals surface area contributed by atoms with Crippen LogP contribution in [0.3, 0.4) is 0 Å². The molecule has 1 heterocycles. The first kappa shape index (κ1) is 14.1. The molecule has 0 bridgehead atoms. The smallest absolute Gasteiger partial charge is 0.133 e. The van der Waals surface area contributed by atoms with Crippen LogP contribution in [0.5, 0.6) is 5.75 Å². The number of nitrogens with one attached hydrogen (secondary N) is 1. The average molecular weight is 334 g/mol. The second-order valence-corrected chi connectivity index (χ2v) is 5.84. The molecule has 3 nitrogen and oxygen atoms in total. The number of hydrogen-bond acceptors (Lipinski definition) is 3. The van der Waals surface area contributed by atoms with Gasteiger partial charge in [0.15, 0.2) is 0 Å². The van der Waals surface area contributed by atoms with Crippen LogP contribution in [0.15, 0.2) is 22.7 Å². The molecule has 18 heavy (non-hydrogen) atoms. The topological polar surface area (TPSA) is 24.5 Å². The molecule has 1 N–H and O–H groups in total. The lowest BCUT2D eigenvalue weighted by molar-refractivity contribution is 0.199. The molecule has 0 amide bonds. The maximum atomic E-state index is 5.89. The van der Waals surface area contributed by atoms with E-state index >= 15 is 0 Å². The summed E-state index contributed by atoms with van der Waals surface area (Å²) in [4.78, 5) is 2.35. The van der Waals surface area contributed by atoms with Crippen molar-refractivity contribution in [3.05, 3.63) is 27.7 Å². The molecule has 0 spiro atoms. The van der Waals surface area contributed by atoms with Crippen molar-refractivity contribution in [1.29, 1.82) is 0 Å². The van der Waals surface area contributed by atoms with Crippen molar-refractivity contribution in [3.63, 3.8) is 0 Å². The van der Waals surface area contributed by atoms with Crippen LogP contribution in [0.4, 0.5) is 0 Å². The molecule has 0 aliphatic carbocycles. The highest BCUT2D eigenvalue weighted by Crippen LogP contribution is 2.27. The van der Waals surface area contributed by atoms with E-state index in [4.69, 9.17) is 16.3 Å². The highest BCUT2D eigenvalue weighted by Gasteiger charge is 2.18. The predicted molar refractivity (Wildman–Crippen MR) is 78.6 cm³/mol. The lowest BCUT2D eigenvalue weighted by Crippen LogP contribution is -2.36. The Bertz CT molecular complexity index is 397. The van der Waals surface area contributed by atoms with Gasteiger partial charge in [0.25, 0.3) is 0 Å². The lowest BCUT2D eigenvalue weighted by atomic mass is 10.2. The van der Waals surface area contributed by atoms with Crippen LogP contribution in [0.25, 0.3) is 0 Å². The van der Waals surface area contributed by atoms with Crippen molar-refractivity contribution in [2.75, 3.05) is 33.3 Å². The van der Waals surface area contributed by atoms with Gasteiger partial charge in [0.05, 0.1) is 4.47 Å². The number of benzene rings is 1. The Morgan fingerprint density at radius 1 is 1.56 bits per heavy atom. The first-order valence-corrected chi connectivity index (χ1v) is 7.33. The molecule has 0 radical (unpaired) electrons. The minimum Gasteiger partial charge on any atom is -0.491 e. The fourth-order valence-corrected chi connectivity index (χ4v) is 2.89. The fraction of sp³-hybridized carbons (Fsp3) is 0.538. The normalized spacial score (nSPS) is 19.4. The van der Waals surface area contributed by atoms with Crippen LogP contribution >= 0.6 is 27.5 Å². The van der Waals surface area contributed by atoms with Gasteiger partial charge in [-0.25, -0.2) is 0 Å². The van der Waals surface area contributed by atoms with Crippen molar-refractivity contribution in [2.24, 2.45) is 0 Å². The third kappa shape index (κ3) is 3.85. The number of nitrogens with zero attached hydrogens (tertiary/aromatic N) is 1. The zero-order valence-corrected chi connectivity index (χ0v) is 12.8. The van der Waals surface area contributed by atoms with Crippen LogP contribution in [0.2, 0.25) is 5.02 Å². The van der Waals surface area contributed by atoms with E-state index in [1.807, 2.05) is 18.2 Å². The summed E-state index contributed by atoms with van der Waals surface area (Å²) in [5, 5.41) is 4.08. The predicted octanol–water partition coefficient (Wildman–Crippen LogP) is 2.78. The minimum absolute atomic E-state index is 0.641. The van der Waals surface area contributed by atoms with Crippen LogP contribution in [-0.2, 0) is 0 Å². The third-order valence-electron chi connectivity index (χ3n) is 3.25. The molecule has 100 valence electrons. The van der Waals surface area contributed by atoms with E-state index in [1.54, 1.807) is 0 Å². The van der Waals surface area contributed by atoms with Gasteiger partial charge in [-0.1, -0.05) is 11.6 Å². The van der Waals surface area contributed by atoms with Gasteiger partial charge in [-0.2, -0.15) is 0 Å². The first-order chi connectivity index (χ1) is 8.66. The average Bonchev–Trinajstić information content (AvgIpc) is 2.85. The lowest BCUT2D eigenvalue weighted by Gasteiger charge is -2.23. The van der Waals surface area contributed by atoms with E-state index in [9.17, 15) is 0 Å². The molecule has 1 fully saturated rings. The summed E-state index contributed by atoms with van der Waals surface area (Å²) in [6.45, 7) is 3.83. The Hall–Kier alpha value is -0.290. The van der Waals surface area contributed by atoms with E-state index in [0.29, 0.717) is 17.7 Å². The Kier molecular flexibility index (Phi) is 5.30. The summed E-state index contributed by atoms with van der Waals surface area (Å²) in [5.74, 6) is 0.845. The summed E-state index contributed by atoms with van der Waals surface area (Å²) in [7, 11) is 2.15. The molecule has 1 aliphatic heterocycles. The number of likely N-dealkylation sites (N-methyl/N-ethyl adjacent to an activating group) is 1. The molecule has 0 aromatic heterocycles. The summed E-state index contributed by atoms with van der Waals surface area (Å²) in [5.41, 5.74) is 0. The van der Waals surface area contributed by atoms with E-state index in [0.717, 1.165) is 29.9 Å². The zero-order valence-electron chi connectivity index (χ0n) is 10.5. The summed E-state index contributed by atoms with van der Waals surface area (Å²) < 4.78 is 6.66. The van der Waals surface area contributed by atoms with Crippen molar-refractivity contribution >= 4 is 27.5 Å². The number of halogens is 2. The Morgan fingerprint density at radius 3 is 3.06 bits per heavy atom. The van der Waals surface area contributed by atoms with E-state index in [2.05, 4.69) is 33.2 Å². The molecule has 1 saturated heterocycles. The second-order valence-electron chi connectivity index (χ2n) is 4.55. The maximum absolute atomic E-state index is 5.89. The number of rotatable bonds is 5. The number of ether oxygens (including phenoxy) is 1. The maximum Gasteiger partial charge on any atom is 0.133 e. The van der Waals surface area contributed by atoms with Gasteiger partial charge >= 0.3 is 0 Å². The van der Waals surface area contributed by atoms with Gasteiger partial charge in [-0.3, -0.25) is 4.90 Å². The third-order valence-corrected chi connectivity index (χ3v) is 4.11. The quantitative estimate of drug-likeness (QED) is 0.897. The minimum atomic E-state index is 0.641. The largest absolute Gasteiger partial charge is 0.491 e. The molecule has 0 saturated carbocycles. The first-order valence-electron chi connectivity index (χ1n) is 6.15. The zero-order chi connectivity index (χ0) is 13.0. The van der Waals surface area contributed by atoms with Crippen molar-refractivity contribution in [2.45, 2.75) is 12.5 Å². The molecule has 1 aromatic carbocycles. The van der Waals surface area contributed by atoms with Gasteiger partial charge in [0.2, 0.25) is 0 Å². The van der Waals surface area contributed by atoms with Gasteiger partial charge in [-0.05, 0) is 54.1 Å². The van der Waals surface area contributed by atoms with Gasteiger partial charge in [0.1, 0.15) is 12.4 Å². The monoisotopic (exact) mass is 332 g/mol. The molecule has 1 aliphatic rings. The molecular weight excluding hydrogens is 316 g/mol. The summed E-state index contributed by atoms with van der Waals surface area (Å²) in [6.07, 6.45) is 1.22. The summed E-state index contributed by atoms with van der Waals surface area (Å²) >= 11 is 9.33. The Labute approximate surface area is 122 Å². The van der Waals surface area contributed by atoms with Crippen molar-refractivity contribution in [3.8, 4) is 5.75 Å². The SMILES string of the molecule is CN(CCOc1ccc(Cl)cc1Br)C1CCNC1. The van der Waals surface area contributed by atoms with Crippen LogP contribution < -0.4 is 10.1 Å². The van der Waals surface area contributed by atoms with Crippen LogP contribution in [0, 0.1) is 0 Å². The van der Waals surface area contributed by atoms with E-state index in [-0.39, 0.29) is 0 Å². The standard InChI is InChI=1S/C13H18BrClN2O/c1-17(11-4-5-16-9-11)6-7-18-13-3-2-10(15)8-12(13)14/h2-3,8,11,16H,4-7,9H2,1H3. The van der Waals surface area contributed by atoms with Crippen molar-refractivity contribution in [1.82, 2.24) is 10.2 Å². The van der Waals surface area contributed by atoms with Crippen LogP contribution in [0.1, 0.15) is 6.42 Å². The Balaban J connectivity index is 1.77. The number of hydrogen-bond donors (Lipinski definition) is 1. The van der Waals surface area contributed by atoms with Crippen LogP contribution in [-0.4, -0.2) is 44.2 Å². The fourth-order valence-electron chi connectivity index (χ4n) is 2.09. The second kappa shape index (κ2) is 6.75. The summed E-state index contributed by atoms with van der Waals surface area (Å²) in [6, 6.07) is 6.22. The molecular formula is C13H18BrClN2O. The Morgan fingerprint density at radius 2 is 2.39 bits per heavy atom. The molecule has 1 unspecified atom stereocenters. The van der Waals surface area contributed by atoms with E-state index in [1.165, 1.54) is 6.42 Å². The highest BCUT2D eigenvalue weighted by atomic mass is 79.9. The van der Waals surface area contributed by atoms with Gasteiger partial charge < -0.3 is 10.1 Å². The molecule has 2 rings (SSSR count). The molecule has 1 aromatic rings. The van der Waals surface area contributed by atoms with E-state index < -0.39 is 0 Å². The van der Waals surface area contributed by atoms with Crippen molar-refractivity contribution < 1.29 is 4.74 Å². The molecule has 1 atom stereocenters. The van der Waals surface area contributed by atoms with Gasteiger partial charge in [-0.15, -0.1) is 0 Å². The molecule has 5 heteroatoms.